The topological polar surface area (TPSA) is 0 Å². The van der Waals surface area contributed by atoms with Crippen molar-refractivity contribution in [2.75, 3.05) is 17.3 Å². The highest BCUT2D eigenvalue weighted by molar-refractivity contribution is 7.99. The van der Waals surface area contributed by atoms with Crippen molar-refractivity contribution < 1.29 is 0 Å². The van der Waals surface area contributed by atoms with Crippen LogP contribution in [0.1, 0.15) is 32.6 Å². The third kappa shape index (κ3) is 3.29. The van der Waals surface area contributed by atoms with Gasteiger partial charge < -0.3 is 0 Å². The van der Waals surface area contributed by atoms with Crippen molar-refractivity contribution >= 4 is 24.4 Å². The summed E-state index contributed by atoms with van der Waals surface area (Å²) in [6.45, 7) is 2.26. The van der Waals surface area contributed by atoms with E-state index in [1.54, 1.807) is 0 Å². The van der Waals surface area contributed by atoms with E-state index >= 15 is 0 Å². The van der Waals surface area contributed by atoms with Crippen molar-refractivity contribution in [2.24, 2.45) is 5.41 Å². The van der Waals surface area contributed by atoms with E-state index in [1.165, 1.54) is 37.2 Å². The zero-order valence-electron chi connectivity index (χ0n) is 7.31. The molecule has 0 N–H and O–H groups in total. The fourth-order valence-electron chi connectivity index (χ4n) is 1.06. The maximum Gasteiger partial charge on any atom is -0.000299 e. The van der Waals surface area contributed by atoms with Crippen molar-refractivity contribution in [2.45, 2.75) is 32.6 Å². The van der Waals surface area contributed by atoms with Crippen LogP contribution in [0, 0.1) is 5.41 Å². The summed E-state index contributed by atoms with van der Waals surface area (Å²) in [5.74, 6) is 3.81. The van der Waals surface area contributed by atoms with Gasteiger partial charge in [0.05, 0.1) is 0 Å². The van der Waals surface area contributed by atoms with Crippen LogP contribution in [0.25, 0.3) is 0 Å². The van der Waals surface area contributed by atoms with Gasteiger partial charge >= 0.3 is 0 Å². The smallest absolute Gasteiger partial charge is 0.000299 e. The van der Waals surface area contributed by atoms with Gasteiger partial charge in [-0.25, -0.2) is 0 Å². The number of hydrogen-bond acceptors (Lipinski definition) is 2. The molecular weight excluding hydrogens is 172 g/mol. The summed E-state index contributed by atoms with van der Waals surface area (Å²) in [6.07, 6.45) is 5.57. The average molecular weight is 190 g/mol. The first-order valence-corrected chi connectivity index (χ1v) is 6.30. The summed E-state index contributed by atoms with van der Waals surface area (Å²) in [5.41, 5.74) is 0.668. The standard InChI is InChI=1S/C9H18S2/c1-2-3-6-11-8-9(7-10)4-5-9/h10H,2-8H2,1H3. The Bertz CT molecular complexity index is 108. The zero-order chi connectivity index (χ0) is 8.16. The average Bonchev–Trinajstić information content (AvgIpc) is 2.80. The highest BCUT2D eigenvalue weighted by Gasteiger charge is 2.40. The maximum absolute atomic E-state index is 4.38. The summed E-state index contributed by atoms with van der Waals surface area (Å²) < 4.78 is 0. The van der Waals surface area contributed by atoms with E-state index in [9.17, 15) is 0 Å². The van der Waals surface area contributed by atoms with E-state index in [0.717, 1.165) is 5.75 Å². The van der Waals surface area contributed by atoms with E-state index in [2.05, 4.69) is 31.3 Å². The first-order valence-electron chi connectivity index (χ1n) is 4.51. The predicted octanol–water partition coefficient (Wildman–Crippen LogP) is 3.23. The maximum atomic E-state index is 4.38. The Balaban J connectivity index is 1.94. The van der Waals surface area contributed by atoms with Crippen LogP contribution < -0.4 is 0 Å². The van der Waals surface area contributed by atoms with Crippen molar-refractivity contribution in [1.29, 1.82) is 0 Å². The SMILES string of the molecule is CCCCSCC1(CS)CC1. The monoisotopic (exact) mass is 190 g/mol. The number of thiol groups is 1. The second kappa shape index (κ2) is 4.66. The molecule has 0 aliphatic heterocycles. The second-order valence-electron chi connectivity index (χ2n) is 3.56. The van der Waals surface area contributed by atoms with Gasteiger partial charge in [0.25, 0.3) is 0 Å². The molecule has 0 unspecified atom stereocenters. The molecule has 1 fully saturated rings. The van der Waals surface area contributed by atoms with Crippen LogP contribution in [-0.2, 0) is 0 Å². The number of thioether (sulfide) groups is 1. The summed E-state index contributed by atoms with van der Waals surface area (Å²) in [7, 11) is 0. The highest BCUT2D eigenvalue weighted by Crippen LogP contribution is 2.48. The minimum atomic E-state index is 0.668. The number of hydrogen-bond donors (Lipinski definition) is 1. The Hall–Kier alpha value is 0.700. The lowest BCUT2D eigenvalue weighted by molar-refractivity contribution is 0.682. The Labute approximate surface area is 79.9 Å². The van der Waals surface area contributed by atoms with Gasteiger partial charge in [0.15, 0.2) is 0 Å². The minimum absolute atomic E-state index is 0.668. The van der Waals surface area contributed by atoms with E-state index in [0.29, 0.717) is 5.41 Å². The molecule has 0 aromatic carbocycles. The molecule has 0 bridgehead atoms. The predicted molar refractivity (Wildman–Crippen MR) is 57.8 cm³/mol. The minimum Gasteiger partial charge on any atom is -0.179 e. The van der Waals surface area contributed by atoms with Crippen LogP contribution in [0.2, 0.25) is 0 Å². The van der Waals surface area contributed by atoms with Crippen LogP contribution >= 0.6 is 24.4 Å². The van der Waals surface area contributed by atoms with Crippen LogP contribution in [0.3, 0.4) is 0 Å². The third-order valence-corrected chi connectivity index (χ3v) is 4.41. The molecule has 1 aliphatic rings. The van der Waals surface area contributed by atoms with Gasteiger partial charge in [-0.15, -0.1) is 0 Å². The normalized spacial score (nSPS) is 20.2. The van der Waals surface area contributed by atoms with Crippen LogP contribution in [0.4, 0.5) is 0 Å². The third-order valence-electron chi connectivity index (χ3n) is 2.34. The lowest BCUT2D eigenvalue weighted by Gasteiger charge is -2.09. The van der Waals surface area contributed by atoms with E-state index in [1.807, 2.05) is 0 Å². The molecule has 2 heteroatoms. The van der Waals surface area contributed by atoms with Crippen LogP contribution in [-0.4, -0.2) is 17.3 Å². The molecule has 0 spiro atoms. The summed E-state index contributed by atoms with van der Waals surface area (Å²) in [5, 5.41) is 0. The first-order chi connectivity index (χ1) is 5.33. The quantitative estimate of drug-likeness (QED) is 0.495. The second-order valence-corrected chi connectivity index (χ2v) is 4.99. The van der Waals surface area contributed by atoms with Crippen molar-refractivity contribution in [3.63, 3.8) is 0 Å². The van der Waals surface area contributed by atoms with Gasteiger partial charge in [-0.05, 0) is 41.9 Å². The lowest BCUT2D eigenvalue weighted by atomic mass is 10.2. The Morgan fingerprint density at radius 3 is 2.64 bits per heavy atom. The molecule has 1 rings (SSSR count). The molecule has 0 heterocycles. The fourth-order valence-corrected chi connectivity index (χ4v) is 3.10. The molecule has 0 aromatic heterocycles. The lowest BCUT2D eigenvalue weighted by Crippen LogP contribution is -2.05. The molecule has 0 aromatic rings. The molecule has 0 radical (unpaired) electrons. The zero-order valence-corrected chi connectivity index (χ0v) is 9.02. The molecule has 0 saturated heterocycles. The number of unbranched alkanes of at least 4 members (excludes halogenated alkanes) is 1. The van der Waals surface area contributed by atoms with Gasteiger partial charge in [-0.2, -0.15) is 24.4 Å². The molecule has 0 atom stereocenters. The van der Waals surface area contributed by atoms with Crippen molar-refractivity contribution in [1.82, 2.24) is 0 Å². The summed E-state index contributed by atoms with van der Waals surface area (Å²) in [6, 6.07) is 0. The van der Waals surface area contributed by atoms with Crippen LogP contribution in [0.15, 0.2) is 0 Å². The Morgan fingerprint density at radius 1 is 1.45 bits per heavy atom. The molecule has 1 aliphatic carbocycles. The van der Waals surface area contributed by atoms with E-state index < -0.39 is 0 Å². The highest BCUT2D eigenvalue weighted by atomic mass is 32.2. The van der Waals surface area contributed by atoms with Crippen molar-refractivity contribution in [3.8, 4) is 0 Å². The summed E-state index contributed by atoms with van der Waals surface area (Å²) in [4.78, 5) is 0. The van der Waals surface area contributed by atoms with Crippen LogP contribution in [0.5, 0.6) is 0 Å². The Morgan fingerprint density at radius 2 is 2.18 bits per heavy atom. The summed E-state index contributed by atoms with van der Waals surface area (Å²) >= 11 is 6.50. The van der Waals surface area contributed by atoms with Gasteiger partial charge in [-0.1, -0.05) is 13.3 Å². The molecule has 0 nitrogen and oxygen atoms in total. The molecule has 1 saturated carbocycles. The van der Waals surface area contributed by atoms with E-state index in [-0.39, 0.29) is 0 Å². The van der Waals surface area contributed by atoms with Gasteiger partial charge in [0, 0.05) is 0 Å². The van der Waals surface area contributed by atoms with E-state index in [4.69, 9.17) is 0 Å². The largest absolute Gasteiger partial charge is 0.179 e. The van der Waals surface area contributed by atoms with Gasteiger partial charge in [0.1, 0.15) is 0 Å². The molecule has 11 heavy (non-hydrogen) atoms. The number of rotatable bonds is 6. The van der Waals surface area contributed by atoms with Crippen molar-refractivity contribution in [3.05, 3.63) is 0 Å². The molecule has 66 valence electrons. The van der Waals surface area contributed by atoms with Gasteiger partial charge in [0.2, 0.25) is 0 Å². The molecule has 0 amide bonds. The first kappa shape index (κ1) is 9.79. The Kier molecular flexibility index (Phi) is 4.14. The molecular formula is C9H18S2. The fraction of sp³-hybridized carbons (Fsp3) is 1.00. The van der Waals surface area contributed by atoms with Gasteiger partial charge in [-0.3, -0.25) is 0 Å².